The number of thiazole rings is 1. The zero-order valence-corrected chi connectivity index (χ0v) is 18.2. The molecule has 2 aromatic heterocycles. The second-order valence-electron chi connectivity index (χ2n) is 6.48. The lowest BCUT2D eigenvalue weighted by Crippen LogP contribution is -2.15. The van der Waals surface area contributed by atoms with Crippen LogP contribution in [-0.2, 0) is 0 Å². The number of hydrogen-bond donors (Lipinski definition) is 1. The van der Waals surface area contributed by atoms with Gasteiger partial charge in [0.15, 0.2) is 0 Å². The molecule has 1 N–H and O–H groups in total. The van der Waals surface area contributed by atoms with Crippen LogP contribution in [0.15, 0.2) is 53.9 Å². The number of carbonyl (C=O) groups excluding carboxylic acids is 1. The van der Waals surface area contributed by atoms with Gasteiger partial charge in [-0.15, -0.1) is 11.3 Å². The van der Waals surface area contributed by atoms with Crippen LogP contribution in [0.2, 0.25) is 10.0 Å². The molecule has 156 valence electrons. The predicted octanol–water partition coefficient (Wildman–Crippen LogP) is 5.77. The number of nitrogens with one attached hydrogen (secondary N) is 1. The molecular weight excluding hydrogens is 461 g/mol. The maximum atomic E-state index is 12.7. The first-order valence-corrected chi connectivity index (χ1v) is 10.5. The Bertz CT molecular complexity index is 1300. The molecule has 4 aromatic rings. The monoisotopic (exact) mass is 473 g/mol. The average molecular weight is 474 g/mol. The van der Waals surface area contributed by atoms with Crippen LogP contribution in [0.3, 0.4) is 0 Å². The first-order chi connectivity index (χ1) is 14.8. The summed E-state index contributed by atoms with van der Waals surface area (Å²) in [6.07, 6.45) is 0. The van der Waals surface area contributed by atoms with Crippen LogP contribution in [0, 0.1) is 17.0 Å². The van der Waals surface area contributed by atoms with E-state index in [1.54, 1.807) is 25.1 Å². The van der Waals surface area contributed by atoms with Crippen molar-refractivity contribution in [2.24, 2.45) is 0 Å². The molecule has 0 saturated heterocycles. The van der Waals surface area contributed by atoms with Crippen LogP contribution < -0.4 is 5.32 Å². The van der Waals surface area contributed by atoms with E-state index in [2.05, 4.69) is 15.4 Å². The summed E-state index contributed by atoms with van der Waals surface area (Å²) >= 11 is 13.1. The van der Waals surface area contributed by atoms with Crippen molar-refractivity contribution in [3.8, 4) is 16.4 Å². The molecular formula is C20H13Cl2N5O3S. The van der Waals surface area contributed by atoms with Crippen LogP contribution >= 0.6 is 34.5 Å². The van der Waals surface area contributed by atoms with Crippen LogP contribution in [0.25, 0.3) is 16.4 Å². The summed E-state index contributed by atoms with van der Waals surface area (Å²) in [5.41, 5.74) is 2.07. The molecule has 4 rings (SSSR count). The number of hydrogen-bond acceptors (Lipinski definition) is 6. The molecule has 0 spiro atoms. The lowest BCUT2D eigenvalue weighted by Gasteiger charge is -2.07. The van der Waals surface area contributed by atoms with Gasteiger partial charge in [-0.1, -0.05) is 35.3 Å². The zero-order valence-electron chi connectivity index (χ0n) is 15.9. The highest BCUT2D eigenvalue weighted by Crippen LogP contribution is 2.28. The Labute approximate surface area is 190 Å². The van der Waals surface area contributed by atoms with Crippen molar-refractivity contribution in [2.75, 3.05) is 5.32 Å². The molecule has 11 heteroatoms. The van der Waals surface area contributed by atoms with E-state index in [1.165, 1.54) is 28.2 Å². The summed E-state index contributed by atoms with van der Waals surface area (Å²) in [4.78, 5) is 27.8. The fourth-order valence-electron chi connectivity index (χ4n) is 2.83. The van der Waals surface area contributed by atoms with E-state index in [0.717, 1.165) is 17.3 Å². The third-order valence-electron chi connectivity index (χ3n) is 4.29. The number of halogens is 2. The summed E-state index contributed by atoms with van der Waals surface area (Å²) in [7, 11) is 0. The minimum absolute atomic E-state index is 0.0417. The predicted molar refractivity (Wildman–Crippen MR) is 120 cm³/mol. The minimum atomic E-state index is -0.638. The van der Waals surface area contributed by atoms with Crippen molar-refractivity contribution in [1.29, 1.82) is 0 Å². The zero-order chi connectivity index (χ0) is 22.1. The third-order valence-corrected chi connectivity index (χ3v) is 5.68. The molecule has 2 aromatic carbocycles. The average Bonchev–Trinajstić information content (AvgIpc) is 3.35. The number of benzene rings is 2. The van der Waals surface area contributed by atoms with Crippen molar-refractivity contribution in [2.45, 2.75) is 6.92 Å². The van der Waals surface area contributed by atoms with Gasteiger partial charge in [-0.25, -0.2) is 4.98 Å². The fraction of sp³-hybridized carbons (Fsp3) is 0.0500. The molecule has 0 radical (unpaired) electrons. The SMILES string of the molecule is Cc1cc(NC(=O)c2ccc(Cl)c([N+](=O)[O-])c2)n(-c2nc(-c3ccc(Cl)cc3)cs2)n1. The summed E-state index contributed by atoms with van der Waals surface area (Å²) in [5, 5.41) is 21.3. The highest BCUT2D eigenvalue weighted by atomic mass is 35.5. The number of carbonyl (C=O) groups is 1. The van der Waals surface area contributed by atoms with Gasteiger partial charge in [-0.2, -0.15) is 9.78 Å². The van der Waals surface area contributed by atoms with Crippen molar-refractivity contribution in [3.05, 3.63) is 85.3 Å². The van der Waals surface area contributed by atoms with Crippen molar-refractivity contribution >= 4 is 52.0 Å². The van der Waals surface area contributed by atoms with E-state index in [4.69, 9.17) is 23.2 Å². The smallest absolute Gasteiger partial charge is 0.288 e. The summed E-state index contributed by atoms with van der Waals surface area (Å²) in [6, 6.07) is 12.8. The minimum Gasteiger partial charge on any atom is -0.306 e. The first kappa shape index (κ1) is 21.0. The van der Waals surface area contributed by atoms with Gasteiger partial charge in [-0.3, -0.25) is 14.9 Å². The summed E-state index contributed by atoms with van der Waals surface area (Å²) < 4.78 is 1.52. The molecule has 1 amide bonds. The fourth-order valence-corrected chi connectivity index (χ4v) is 3.94. The van der Waals surface area contributed by atoms with Crippen molar-refractivity contribution in [3.63, 3.8) is 0 Å². The van der Waals surface area contributed by atoms with Gasteiger partial charge in [0.1, 0.15) is 10.8 Å². The number of amides is 1. The molecule has 31 heavy (non-hydrogen) atoms. The Morgan fingerprint density at radius 3 is 2.61 bits per heavy atom. The van der Waals surface area contributed by atoms with Crippen molar-refractivity contribution < 1.29 is 9.72 Å². The number of aromatic nitrogens is 3. The molecule has 0 atom stereocenters. The highest BCUT2D eigenvalue weighted by Gasteiger charge is 2.19. The molecule has 0 saturated carbocycles. The maximum Gasteiger partial charge on any atom is 0.288 e. The number of nitro groups is 1. The molecule has 0 aliphatic heterocycles. The lowest BCUT2D eigenvalue weighted by atomic mass is 10.2. The Morgan fingerprint density at radius 2 is 1.90 bits per heavy atom. The van der Waals surface area contributed by atoms with E-state index in [0.29, 0.717) is 21.7 Å². The van der Waals surface area contributed by atoms with Gasteiger partial charge < -0.3 is 5.32 Å². The van der Waals surface area contributed by atoms with Crippen molar-refractivity contribution in [1.82, 2.24) is 14.8 Å². The van der Waals surface area contributed by atoms with Crippen LogP contribution in [0.4, 0.5) is 11.5 Å². The maximum absolute atomic E-state index is 12.7. The quantitative estimate of drug-likeness (QED) is 0.292. The lowest BCUT2D eigenvalue weighted by molar-refractivity contribution is -0.384. The normalized spacial score (nSPS) is 10.8. The number of aryl methyl sites for hydroxylation is 1. The standard InChI is InChI=1S/C20H13Cl2N5O3S/c1-11-8-18(24-19(28)13-4-7-15(22)17(9-13)27(29)30)26(25-11)20-23-16(10-31-20)12-2-5-14(21)6-3-12/h2-10H,1H3,(H,24,28). The van der Waals surface area contributed by atoms with E-state index in [9.17, 15) is 14.9 Å². The van der Waals surface area contributed by atoms with E-state index < -0.39 is 10.8 Å². The Morgan fingerprint density at radius 1 is 1.16 bits per heavy atom. The number of nitrogens with zero attached hydrogens (tertiary/aromatic N) is 4. The Balaban J connectivity index is 1.63. The summed E-state index contributed by atoms with van der Waals surface area (Å²) in [5.74, 6) is -0.146. The largest absolute Gasteiger partial charge is 0.306 e. The van der Waals surface area contributed by atoms with Gasteiger partial charge in [0, 0.05) is 33.7 Å². The van der Waals surface area contributed by atoms with Gasteiger partial charge in [0.2, 0.25) is 5.13 Å². The first-order valence-electron chi connectivity index (χ1n) is 8.85. The number of rotatable bonds is 5. The van der Waals surface area contributed by atoms with Crippen LogP contribution in [-0.4, -0.2) is 25.6 Å². The Kier molecular flexibility index (Phi) is 5.73. The Hall–Kier alpha value is -3.27. The second kappa shape index (κ2) is 8.46. The highest BCUT2D eigenvalue weighted by molar-refractivity contribution is 7.12. The molecule has 0 fully saturated rings. The molecule has 0 aliphatic carbocycles. The number of anilines is 1. The molecule has 0 aliphatic rings. The second-order valence-corrected chi connectivity index (χ2v) is 8.16. The third kappa shape index (κ3) is 4.43. The van der Waals surface area contributed by atoms with E-state index in [-0.39, 0.29) is 16.3 Å². The molecule has 0 bridgehead atoms. The van der Waals surface area contributed by atoms with Gasteiger partial charge in [0.05, 0.1) is 16.3 Å². The van der Waals surface area contributed by atoms with E-state index >= 15 is 0 Å². The molecule has 8 nitrogen and oxygen atoms in total. The van der Waals surface area contributed by atoms with E-state index in [1.807, 2.05) is 17.5 Å². The molecule has 2 heterocycles. The van der Waals surface area contributed by atoms with Crippen LogP contribution in [0.1, 0.15) is 16.1 Å². The van der Waals surface area contributed by atoms with Gasteiger partial charge in [-0.05, 0) is 31.2 Å². The number of nitro benzene ring substituents is 1. The topological polar surface area (TPSA) is 103 Å². The van der Waals surface area contributed by atoms with Gasteiger partial charge in [0.25, 0.3) is 11.6 Å². The summed E-state index contributed by atoms with van der Waals surface area (Å²) in [6.45, 7) is 1.78. The van der Waals surface area contributed by atoms with Crippen LogP contribution in [0.5, 0.6) is 0 Å². The molecule has 0 unspecified atom stereocenters. The van der Waals surface area contributed by atoms with Gasteiger partial charge >= 0.3 is 0 Å².